The summed E-state index contributed by atoms with van der Waals surface area (Å²) in [4.78, 5) is -0.561. The van der Waals surface area contributed by atoms with Crippen LogP contribution in [0.15, 0.2) is 23.1 Å². The number of hydrogen-bond donors (Lipinski definition) is 2. The summed E-state index contributed by atoms with van der Waals surface area (Å²) in [6, 6.07) is 3.69. The first-order chi connectivity index (χ1) is 9.75. The summed E-state index contributed by atoms with van der Waals surface area (Å²) >= 11 is 4.75. The largest absolute Gasteiger partial charge is 0.391 e. The number of rotatable bonds is 3. The van der Waals surface area contributed by atoms with Crippen LogP contribution >= 0.6 is 12.2 Å². The molecular formula is C13H17FN2O3S2. The van der Waals surface area contributed by atoms with E-state index in [0.29, 0.717) is 6.42 Å². The van der Waals surface area contributed by atoms with E-state index in [1.54, 1.807) is 0 Å². The highest BCUT2D eigenvalue weighted by Crippen LogP contribution is 2.27. The minimum atomic E-state index is -3.95. The smallest absolute Gasteiger partial charge is 0.243 e. The van der Waals surface area contributed by atoms with Crippen LogP contribution in [0.2, 0.25) is 0 Å². The molecule has 1 aromatic rings. The molecule has 0 amide bonds. The maximum absolute atomic E-state index is 13.8. The van der Waals surface area contributed by atoms with Crippen LogP contribution in [-0.2, 0) is 10.0 Å². The van der Waals surface area contributed by atoms with E-state index in [1.165, 1.54) is 12.1 Å². The fraction of sp³-hybridized carbons (Fsp3) is 0.462. The zero-order valence-electron chi connectivity index (χ0n) is 11.5. The van der Waals surface area contributed by atoms with Gasteiger partial charge in [-0.25, -0.2) is 12.8 Å². The Morgan fingerprint density at radius 3 is 2.76 bits per heavy atom. The number of hydrogen-bond acceptors (Lipinski definition) is 4. The highest BCUT2D eigenvalue weighted by molar-refractivity contribution is 7.89. The monoisotopic (exact) mass is 332 g/mol. The number of sulfonamides is 1. The standard InChI is InChI=1S/C13H17FN2O3S2/c1-8-5-6-16(7-10(8)17)21(18,19)11-4-2-3-9(14)12(11)13(15)20/h2-4,8,10,17H,5-7H2,1H3,(H2,15,20). The van der Waals surface area contributed by atoms with Crippen molar-refractivity contribution in [2.24, 2.45) is 11.7 Å². The number of thiocarbonyl (C=S) groups is 1. The van der Waals surface area contributed by atoms with Gasteiger partial charge in [0, 0.05) is 13.1 Å². The van der Waals surface area contributed by atoms with Crippen LogP contribution in [-0.4, -0.2) is 42.0 Å². The summed E-state index contributed by atoms with van der Waals surface area (Å²) in [7, 11) is -3.95. The Balaban J connectivity index is 2.46. The maximum atomic E-state index is 13.8. The van der Waals surface area contributed by atoms with E-state index in [1.807, 2.05) is 6.92 Å². The van der Waals surface area contributed by atoms with Crippen molar-refractivity contribution in [3.05, 3.63) is 29.6 Å². The average Bonchev–Trinajstić information content (AvgIpc) is 2.41. The molecule has 1 saturated heterocycles. The summed E-state index contributed by atoms with van der Waals surface area (Å²) in [6.45, 7) is 2.11. The molecule has 2 atom stereocenters. The average molecular weight is 332 g/mol. The van der Waals surface area contributed by atoms with Gasteiger partial charge >= 0.3 is 0 Å². The van der Waals surface area contributed by atoms with Crippen LogP contribution in [0.1, 0.15) is 18.9 Å². The lowest BCUT2D eigenvalue weighted by atomic mass is 9.98. The van der Waals surface area contributed by atoms with Crippen molar-refractivity contribution in [2.45, 2.75) is 24.3 Å². The van der Waals surface area contributed by atoms with Gasteiger partial charge in [0.1, 0.15) is 10.8 Å². The fourth-order valence-electron chi connectivity index (χ4n) is 2.34. The highest BCUT2D eigenvalue weighted by atomic mass is 32.2. The molecule has 1 aromatic carbocycles. The first-order valence-corrected chi connectivity index (χ1v) is 8.36. The van der Waals surface area contributed by atoms with E-state index in [9.17, 15) is 17.9 Å². The number of aliphatic hydroxyl groups is 1. The molecule has 2 unspecified atom stereocenters. The van der Waals surface area contributed by atoms with Gasteiger partial charge in [0.05, 0.1) is 16.6 Å². The van der Waals surface area contributed by atoms with Crippen molar-refractivity contribution >= 4 is 27.2 Å². The van der Waals surface area contributed by atoms with Crippen LogP contribution in [0.25, 0.3) is 0 Å². The molecule has 1 heterocycles. The van der Waals surface area contributed by atoms with Crippen molar-refractivity contribution in [1.29, 1.82) is 0 Å². The number of halogens is 1. The minimum Gasteiger partial charge on any atom is -0.391 e. The molecule has 0 bridgehead atoms. The van der Waals surface area contributed by atoms with E-state index in [0.717, 1.165) is 10.4 Å². The molecule has 1 aliphatic rings. The molecular weight excluding hydrogens is 315 g/mol. The predicted molar refractivity (Wildman–Crippen MR) is 80.8 cm³/mol. The van der Waals surface area contributed by atoms with Gasteiger partial charge in [0.25, 0.3) is 0 Å². The molecule has 3 N–H and O–H groups in total. The van der Waals surface area contributed by atoms with Crippen molar-refractivity contribution in [1.82, 2.24) is 4.31 Å². The lowest BCUT2D eigenvalue weighted by Gasteiger charge is -2.33. The SMILES string of the molecule is CC1CCN(S(=O)(=O)c2cccc(F)c2C(N)=S)CC1O. The van der Waals surface area contributed by atoms with Gasteiger partial charge in [-0.1, -0.05) is 25.2 Å². The molecule has 0 spiro atoms. The first kappa shape index (κ1) is 16.3. The molecule has 1 aliphatic heterocycles. The van der Waals surface area contributed by atoms with Crippen LogP contribution in [0, 0.1) is 11.7 Å². The van der Waals surface area contributed by atoms with Gasteiger partial charge in [0.15, 0.2) is 0 Å². The third kappa shape index (κ3) is 3.08. The third-order valence-electron chi connectivity index (χ3n) is 3.72. The second kappa shape index (κ2) is 5.96. The molecule has 0 aromatic heterocycles. The predicted octanol–water partition coefficient (Wildman–Crippen LogP) is 0.851. The summed E-state index contributed by atoms with van der Waals surface area (Å²) in [6.07, 6.45) is -0.201. The number of nitrogens with zero attached hydrogens (tertiary/aromatic N) is 1. The summed E-state index contributed by atoms with van der Waals surface area (Å²) in [5.41, 5.74) is 5.17. The first-order valence-electron chi connectivity index (χ1n) is 6.51. The van der Waals surface area contributed by atoms with Gasteiger partial charge in [-0.15, -0.1) is 0 Å². The van der Waals surface area contributed by atoms with E-state index < -0.39 is 21.9 Å². The molecule has 0 saturated carbocycles. The van der Waals surface area contributed by atoms with Crippen molar-refractivity contribution in [3.8, 4) is 0 Å². The van der Waals surface area contributed by atoms with Crippen molar-refractivity contribution < 1.29 is 17.9 Å². The zero-order chi connectivity index (χ0) is 15.8. The van der Waals surface area contributed by atoms with Crippen LogP contribution < -0.4 is 5.73 Å². The van der Waals surface area contributed by atoms with Crippen LogP contribution in [0.3, 0.4) is 0 Å². The lowest BCUT2D eigenvalue weighted by Crippen LogP contribution is -2.46. The molecule has 1 fully saturated rings. The van der Waals surface area contributed by atoms with Crippen molar-refractivity contribution in [3.63, 3.8) is 0 Å². The quantitative estimate of drug-likeness (QED) is 0.802. The fourth-order valence-corrected chi connectivity index (χ4v) is 4.30. The number of nitrogens with two attached hydrogens (primary N) is 1. The van der Waals surface area contributed by atoms with Gasteiger partial charge in [-0.05, 0) is 24.5 Å². The molecule has 0 aliphatic carbocycles. The zero-order valence-corrected chi connectivity index (χ0v) is 13.1. The second-order valence-electron chi connectivity index (χ2n) is 5.17. The topological polar surface area (TPSA) is 83.6 Å². The molecule has 21 heavy (non-hydrogen) atoms. The third-order valence-corrected chi connectivity index (χ3v) is 5.83. The summed E-state index contributed by atoms with van der Waals surface area (Å²) in [5, 5.41) is 9.86. The Morgan fingerprint density at radius 1 is 1.52 bits per heavy atom. The molecule has 2 rings (SSSR count). The maximum Gasteiger partial charge on any atom is 0.243 e. The molecule has 116 valence electrons. The second-order valence-corrected chi connectivity index (χ2v) is 7.52. The molecule has 0 radical (unpaired) electrons. The van der Waals surface area contributed by atoms with Crippen molar-refractivity contribution in [2.75, 3.05) is 13.1 Å². The Bertz CT molecular complexity index is 663. The van der Waals surface area contributed by atoms with E-state index in [2.05, 4.69) is 0 Å². The Morgan fingerprint density at radius 2 is 2.19 bits per heavy atom. The van der Waals surface area contributed by atoms with E-state index in [-0.39, 0.29) is 34.5 Å². The van der Waals surface area contributed by atoms with Gasteiger partial charge in [0.2, 0.25) is 10.0 Å². The number of β-amino-alcohol motifs (C(OH)–C–C–N with tert-alkyl or cyclic N) is 1. The summed E-state index contributed by atoms with van der Waals surface area (Å²) < 4.78 is 40.3. The number of benzene rings is 1. The Labute approximate surface area is 128 Å². The van der Waals surface area contributed by atoms with Gasteiger partial charge in [-0.3, -0.25) is 0 Å². The van der Waals surface area contributed by atoms with Gasteiger partial charge < -0.3 is 10.8 Å². The van der Waals surface area contributed by atoms with Crippen LogP contribution in [0.4, 0.5) is 4.39 Å². The Hall–Kier alpha value is -1.09. The number of piperidine rings is 1. The van der Waals surface area contributed by atoms with Gasteiger partial charge in [-0.2, -0.15) is 4.31 Å². The normalized spacial score (nSPS) is 24.0. The molecule has 5 nitrogen and oxygen atoms in total. The minimum absolute atomic E-state index is 0.0171. The molecule has 8 heteroatoms. The van der Waals surface area contributed by atoms with Crippen LogP contribution in [0.5, 0.6) is 0 Å². The van der Waals surface area contributed by atoms with E-state index >= 15 is 0 Å². The number of aliphatic hydroxyl groups excluding tert-OH is 1. The summed E-state index contributed by atoms with van der Waals surface area (Å²) in [5.74, 6) is -0.742. The highest BCUT2D eigenvalue weighted by Gasteiger charge is 2.34. The van der Waals surface area contributed by atoms with E-state index in [4.69, 9.17) is 18.0 Å². The lowest BCUT2D eigenvalue weighted by molar-refractivity contribution is 0.0605. The Kier molecular flexibility index (Phi) is 4.62.